The number of amides is 5. The van der Waals surface area contributed by atoms with E-state index in [-0.39, 0.29) is 71.2 Å². The summed E-state index contributed by atoms with van der Waals surface area (Å²) >= 11 is 0. The Labute approximate surface area is 424 Å². The molecular formula is C56H66F2N8O7. The first-order valence-corrected chi connectivity index (χ1v) is 25.9. The number of hydrogen-bond acceptors (Lipinski definition) is 10. The number of fused-ring (bicyclic) bond motifs is 2. The van der Waals surface area contributed by atoms with Crippen LogP contribution in [0, 0.1) is 24.0 Å². The van der Waals surface area contributed by atoms with Crippen LogP contribution in [-0.4, -0.2) is 113 Å². The minimum atomic E-state index is -1.05. The maximum atomic E-state index is 16.6. The van der Waals surface area contributed by atoms with Gasteiger partial charge < -0.3 is 35.4 Å². The number of aromatic nitrogens is 2. The Balaban J connectivity index is 0.761. The van der Waals surface area contributed by atoms with Gasteiger partial charge in [-0.05, 0) is 124 Å². The molecule has 0 unspecified atom stereocenters. The molecule has 5 aromatic rings. The Hall–Kier alpha value is -6.43. The lowest BCUT2D eigenvalue weighted by Gasteiger charge is -2.45. The number of anilines is 1. The van der Waals surface area contributed by atoms with Crippen molar-refractivity contribution in [1.82, 2.24) is 30.2 Å². The number of urea groups is 1. The summed E-state index contributed by atoms with van der Waals surface area (Å²) in [5, 5.41) is 21.2. The third-order valence-corrected chi connectivity index (χ3v) is 16.9. The molecule has 5 amide bonds. The summed E-state index contributed by atoms with van der Waals surface area (Å²) in [7, 11) is 1.89. The van der Waals surface area contributed by atoms with Crippen LogP contribution in [-0.2, 0) is 22.2 Å². The minimum absolute atomic E-state index is 0.0752. The lowest BCUT2D eigenvalue weighted by molar-refractivity contribution is -0.145. The number of nitrogens with two attached hydrogens (primary N) is 1. The number of aryl methyl sites for hydroxylation is 1. The second-order valence-corrected chi connectivity index (χ2v) is 21.1. The number of aliphatic hydroxyl groups is 1. The summed E-state index contributed by atoms with van der Waals surface area (Å²) in [5.41, 5.74) is 7.91. The van der Waals surface area contributed by atoms with Crippen molar-refractivity contribution in [2.75, 3.05) is 57.4 Å². The quantitative estimate of drug-likeness (QED) is 0.0919. The SMILES string of the molecule is Cc1c(F)cc2c(c1-c1c(C(N)=O)ccc(OCCO)c1F)[C@H](C)[C@@](CNC1CCC(C)(C(=O)N3CCC(N4CCC(c5ccc6c(N7CCC(=O)NC7=O)nn(C)c6c5)CC4)CC3)CC1)(c1ccccc1)O2. The van der Waals surface area contributed by atoms with E-state index < -0.39 is 40.5 Å². The number of piperidine rings is 2. The third-order valence-electron chi connectivity index (χ3n) is 16.9. The van der Waals surface area contributed by atoms with E-state index in [9.17, 15) is 24.3 Å². The highest BCUT2D eigenvalue weighted by Gasteiger charge is 2.51. The Morgan fingerprint density at radius 2 is 1.67 bits per heavy atom. The molecule has 4 aromatic carbocycles. The molecule has 73 heavy (non-hydrogen) atoms. The number of halogens is 2. The third kappa shape index (κ3) is 9.22. The number of primary amides is 1. The van der Waals surface area contributed by atoms with Gasteiger partial charge in [-0.2, -0.15) is 5.10 Å². The number of carbonyl (C=O) groups is 4. The average molecular weight is 1000 g/mol. The Morgan fingerprint density at radius 3 is 2.36 bits per heavy atom. The van der Waals surface area contributed by atoms with Gasteiger partial charge in [0.15, 0.2) is 23.0 Å². The molecule has 0 bridgehead atoms. The predicted octanol–water partition coefficient (Wildman–Crippen LogP) is 7.54. The normalized spacial score (nSPS) is 24.2. The first-order valence-electron chi connectivity index (χ1n) is 25.9. The summed E-state index contributed by atoms with van der Waals surface area (Å²) in [6, 6.07) is 20.2. The van der Waals surface area contributed by atoms with Crippen LogP contribution in [0.4, 0.5) is 19.4 Å². The van der Waals surface area contributed by atoms with Gasteiger partial charge >= 0.3 is 6.03 Å². The maximum absolute atomic E-state index is 16.6. The molecule has 4 fully saturated rings. The monoisotopic (exact) mass is 1000 g/mol. The lowest BCUT2D eigenvalue weighted by atomic mass is 9.72. The minimum Gasteiger partial charge on any atom is -0.488 e. The second kappa shape index (κ2) is 20.1. The lowest BCUT2D eigenvalue weighted by Crippen LogP contribution is -2.53. The van der Waals surface area contributed by atoms with Gasteiger partial charge in [-0.1, -0.05) is 50.2 Å². The molecule has 386 valence electrons. The van der Waals surface area contributed by atoms with Crippen LogP contribution in [0.3, 0.4) is 0 Å². The molecule has 4 aliphatic heterocycles. The zero-order valence-electron chi connectivity index (χ0n) is 42.1. The van der Waals surface area contributed by atoms with Crippen molar-refractivity contribution in [3.63, 3.8) is 0 Å². The number of carbonyl (C=O) groups excluding carboxylic acids is 4. The average Bonchev–Trinajstić information content (AvgIpc) is 3.87. The van der Waals surface area contributed by atoms with Gasteiger partial charge in [-0.15, -0.1) is 0 Å². The Bertz CT molecular complexity index is 2940. The van der Waals surface area contributed by atoms with E-state index in [4.69, 9.17) is 15.2 Å². The molecule has 1 aromatic heterocycles. The van der Waals surface area contributed by atoms with Gasteiger partial charge in [0.25, 0.3) is 0 Å². The fraction of sp³-hybridized carbons (Fsp3) is 0.482. The summed E-state index contributed by atoms with van der Waals surface area (Å²) in [5.74, 6) is -1.88. The molecule has 3 saturated heterocycles. The molecule has 10 rings (SSSR count). The largest absolute Gasteiger partial charge is 0.488 e. The number of hydrogen-bond donors (Lipinski definition) is 4. The summed E-state index contributed by atoms with van der Waals surface area (Å²) in [4.78, 5) is 57.8. The van der Waals surface area contributed by atoms with Crippen LogP contribution in [0.1, 0.15) is 116 Å². The highest BCUT2D eigenvalue weighted by Crippen LogP contribution is 2.56. The number of nitrogens with one attached hydrogen (secondary N) is 2. The van der Waals surface area contributed by atoms with E-state index in [1.54, 1.807) is 11.8 Å². The molecule has 0 radical (unpaired) electrons. The van der Waals surface area contributed by atoms with Crippen LogP contribution in [0.15, 0.2) is 66.7 Å². The molecule has 0 spiro atoms. The number of aliphatic hydroxyl groups excluding tert-OH is 1. The molecule has 5 heterocycles. The number of benzene rings is 4. The van der Waals surface area contributed by atoms with E-state index in [0.717, 1.165) is 94.0 Å². The predicted molar refractivity (Wildman–Crippen MR) is 273 cm³/mol. The van der Waals surface area contributed by atoms with E-state index in [0.29, 0.717) is 36.4 Å². The highest BCUT2D eigenvalue weighted by molar-refractivity contribution is 6.09. The first kappa shape index (κ1) is 50.1. The van der Waals surface area contributed by atoms with Crippen molar-refractivity contribution in [3.05, 3.63) is 106 Å². The van der Waals surface area contributed by atoms with Crippen LogP contribution < -0.4 is 30.7 Å². The zero-order chi connectivity index (χ0) is 51.3. The summed E-state index contributed by atoms with van der Waals surface area (Å²) in [6.07, 6.45) is 7.23. The van der Waals surface area contributed by atoms with Gasteiger partial charge in [-0.25, -0.2) is 13.6 Å². The number of nitrogens with zero attached hydrogens (tertiary/aromatic N) is 5. The summed E-state index contributed by atoms with van der Waals surface area (Å²) in [6.45, 7) is 9.21. The number of likely N-dealkylation sites (tertiary alicyclic amines) is 2. The molecule has 5 aliphatic rings. The molecule has 15 nitrogen and oxygen atoms in total. The Morgan fingerprint density at radius 1 is 0.945 bits per heavy atom. The van der Waals surface area contributed by atoms with Crippen molar-refractivity contribution < 1.29 is 42.5 Å². The van der Waals surface area contributed by atoms with Crippen LogP contribution in [0.5, 0.6) is 11.5 Å². The van der Waals surface area contributed by atoms with E-state index in [2.05, 4.69) is 50.7 Å². The van der Waals surface area contributed by atoms with Gasteiger partial charge in [0.05, 0.1) is 17.7 Å². The topological polar surface area (TPSA) is 185 Å². The molecule has 1 saturated carbocycles. The standard InChI is InChI=1S/C56H66F2N8O7/c1-33-42(57)31-45-48(47(33)49-41(51(59)69)12-13-44(50(49)58)72-29-28-67)34(2)56(73-45,37-8-6-5-7-9-37)32-60-38-14-21-55(3,22-15-38)53(70)65-25-18-39(19-26-65)64-23-16-35(17-24-64)36-10-11-40-43(30-36)63(4)62-52(40)66-27-20-46(68)61-54(66)71/h5-13,30-31,34-35,38-39,60,67H,14-29,32H2,1-4H3,(H2,59,69)(H,61,68,71)/t34-,38?,55?,56-/m0/s1. The molecule has 17 heteroatoms. The van der Waals surface area contributed by atoms with Crippen molar-refractivity contribution in [2.24, 2.45) is 18.2 Å². The molecular weight excluding hydrogens is 935 g/mol. The fourth-order valence-corrected chi connectivity index (χ4v) is 12.6. The van der Waals surface area contributed by atoms with E-state index >= 15 is 8.78 Å². The maximum Gasteiger partial charge on any atom is 0.329 e. The van der Waals surface area contributed by atoms with Crippen LogP contribution in [0.2, 0.25) is 0 Å². The van der Waals surface area contributed by atoms with Crippen molar-refractivity contribution in [2.45, 2.75) is 108 Å². The van der Waals surface area contributed by atoms with E-state index in [1.807, 2.05) is 49.0 Å². The number of ether oxygens (including phenoxy) is 2. The summed E-state index contributed by atoms with van der Waals surface area (Å²) < 4.78 is 46.8. The zero-order valence-corrected chi connectivity index (χ0v) is 42.1. The van der Waals surface area contributed by atoms with Gasteiger partial charge in [0, 0.05) is 85.6 Å². The molecule has 2 atom stereocenters. The number of rotatable bonds is 13. The van der Waals surface area contributed by atoms with Crippen molar-refractivity contribution in [3.8, 4) is 22.6 Å². The highest BCUT2D eigenvalue weighted by atomic mass is 19.1. The number of imide groups is 1. The van der Waals surface area contributed by atoms with Gasteiger partial charge in [-0.3, -0.25) is 29.3 Å². The first-order chi connectivity index (χ1) is 35.1. The second-order valence-electron chi connectivity index (χ2n) is 21.1. The van der Waals surface area contributed by atoms with Gasteiger partial charge in [0.1, 0.15) is 18.2 Å². The Kier molecular flexibility index (Phi) is 13.8. The fourth-order valence-electron chi connectivity index (χ4n) is 12.6. The molecule has 1 aliphatic carbocycles. The van der Waals surface area contributed by atoms with Gasteiger partial charge in [0.2, 0.25) is 17.7 Å². The smallest absolute Gasteiger partial charge is 0.329 e. The van der Waals surface area contributed by atoms with Crippen LogP contribution >= 0.6 is 0 Å². The van der Waals surface area contributed by atoms with Crippen LogP contribution in [0.25, 0.3) is 22.0 Å². The molecule has 5 N–H and O–H groups in total. The van der Waals surface area contributed by atoms with Crippen molar-refractivity contribution >= 4 is 40.5 Å². The van der Waals surface area contributed by atoms with E-state index in [1.165, 1.54) is 23.8 Å². The van der Waals surface area contributed by atoms with Crippen molar-refractivity contribution in [1.29, 1.82) is 0 Å².